The van der Waals surface area contributed by atoms with Crippen LogP contribution in [0.3, 0.4) is 0 Å². The van der Waals surface area contributed by atoms with Crippen LogP contribution in [0.25, 0.3) is 0 Å². The Labute approximate surface area is 49.6 Å². The first-order valence-corrected chi connectivity index (χ1v) is 2.70. The molecule has 0 aliphatic heterocycles. The molecule has 0 saturated heterocycles. The molecular weight excluding hydrogens is 105 g/mol. The van der Waals surface area contributed by atoms with E-state index in [-0.39, 0.29) is 6.67 Å². The Hall–Kier alpha value is -0.530. The first-order valence-electron chi connectivity index (χ1n) is 2.70. The van der Waals surface area contributed by atoms with Gasteiger partial charge < -0.3 is 5.32 Å². The second-order valence-electron chi connectivity index (χ2n) is 1.72. The van der Waals surface area contributed by atoms with E-state index in [9.17, 15) is 4.39 Å². The molecule has 8 heavy (non-hydrogen) atoms. The Bertz CT molecular complexity index is 78.6. The highest BCUT2D eigenvalue weighted by Crippen LogP contribution is 1.96. The van der Waals surface area contributed by atoms with Crippen LogP contribution in [0.1, 0.15) is 13.3 Å². The highest BCUT2D eigenvalue weighted by molar-refractivity contribution is 4.95. The van der Waals surface area contributed by atoms with Crippen LogP contribution in [0.15, 0.2) is 11.8 Å². The van der Waals surface area contributed by atoms with Gasteiger partial charge in [0.2, 0.25) is 0 Å². The van der Waals surface area contributed by atoms with E-state index in [2.05, 4.69) is 5.32 Å². The van der Waals surface area contributed by atoms with Gasteiger partial charge in [0.15, 0.2) is 0 Å². The lowest BCUT2D eigenvalue weighted by atomic mass is 10.2. The molecule has 0 fully saturated rings. The van der Waals surface area contributed by atoms with Crippen LogP contribution in [0, 0.1) is 0 Å². The Morgan fingerprint density at radius 2 is 2.38 bits per heavy atom. The second kappa shape index (κ2) is 4.62. The molecule has 0 aromatic rings. The maximum atomic E-state index is 11.5. The number of hydrogen-bond donors (Lipinski definition) is 1. The van der Waals surface area contributed by atoms with E-state index in [4.69, 9.17) is 0 Å². The van der Waals surface area contributed by atoms with Gasteiger partial charge in [0.05, 0.1) is 6.67 Å². The van der Waals surface area contributed by atoms with E-state index in [1.165, 1.54) is 0 Å². The van der Waals surface area contributed by atoms with Crippen molar-refractivity contribution in [2.45, 2.75) is 13.3 Å². The molecular formula is C6H12FN. The van der Waals surface area contributed by atoms with Gasteiger partial charge in [-0.1, -0.05) is 5.57 Å². The normalized spacial score (nSPS) is 11.6. The summed E-state index contributed by atoms with van der Waals surface area (Å²) in [6, 6.07) is 0. The minimum Gasteiger partial charge on any atom is -0.394 e. The lowest BCUT2D eigenvalue weighted by Gasteiger charge is -1.93. The van der Waals surface area contributed by atoms with E-state index in [0.29, 0.717) is 6.42 Å². The molecule has 0 aromatic heterocycles. The number of hydrogen-bond acceptors (Lipinski definition) is 1. The number of allylic oxidation sites excluding steroid dienone is 1. The summed E-state index contributed by atoms with van der Waals surface area (Å²) in [4.78, 5) is 0. The van der Waals surface area contributed by atoms with Gasteiger partial charge in [0.1, 0.15) is 0 Å². The Balaban J connectivity index is 3.29. The molecule has 0 radical (unpaired) electrons. The Morgan fingerprint density at radius 3 is 2.75 bits per heavy atom. The van der Waals surface area contributed by atoms with Gasteiger partial charge in [-0.15, -0.1) is 0 Å². The van der Waals surface area contributed by atoms with Crippen molar-refractivity contribution < 1.29 is 4.39 Å². The lowest BCUT2D eigenvalue weighted by Crippen LogP contribution is -1.94. The number of rotatable bonds is 3. The van der Waals surface area contributed by atoms with Crippen LogP contribution in [0.2, 0.25) is 0 Å². The van der Waals surface area contributed by atoms with E-state index in [0.717, 1.165) is 5.57 Å². The SMILES string of the molecule is CN/C=C(\C)CCF. The topological polar surface area (TPSA) is 12.0 Å². The van der Waals surface area contributed by atoms with Crippen molar-refractivity contribution in [2.75, 3.05) is 13.7 Å². The molecule has 0 bridgehead atoms. The van der Waals surface area contributed by atoms with E-state index < -0.39 is 0 Å². The fourth-order valence-electron chi connectivity index (χ4n) is 0.468. The summed E-state index contributed by atoms with van der Waals surface area (Å²) >= 11 is 0. The van der Waals surface area contributed by atoms with Gasteiger partial charge in [-0.05, 0) is 19.5 Å². The predicted molar refractivity (Wildman–Crippen MR) is 33.4 cm³/mol. The van der Waals surface area contributed by atoms with Crippen molar-refractivity contribution >= 4 is 0 Å². The van der Waals surface area contributed by atoms with Crippen molar-refractivity contribution in [1.82, 2.24) is 5.32 Å². The van der Waals surface area contributed by atoms with E-state index in [1.54, 1.807) is 6.20 Å². The molecule has 0 heterocycles. The molecule has 1 N–H and O–H groups in total. The maximum absolute atomic E-state index is 11.5. The summed E-state index contributed by atoms with van der Waals surface area (Å²) in [7, 11) is 1.81. The summed E-state index contributed by atoms with van der Waals surface area (Å²) in [5, 5.41) is 2.82. The Kier molecular flexibility index (Phi) is 4.32. The van der Waals surface area contributed by atoms with Gasteiger partial charge in [0, 0.05) is 7.05 Å². The Morgan fingerprint density at radius 1 is 1.75 bits per heavy atom. The third-order valence-electron chi connectivity index (χ3n) is 0.880. The maximum Gasteiger partial charge on any atom is 0.0932 e. The molecule has 0 aliphatic carbocycles. The zero-order chi connectivity index (χ0) is 6.41. The van der Waals surface area contributed by atoms with E-state index in [1.807, 2.05) is 14.0 Å². The first-order chi connectivity index (χ1) is 3.81. The zero-order valence-corrected chi connectivity index (χ0v) is 5.37. The molecule has 2 heteroatoms. The van der Waals surface area contributed by atoms with Crippen LogP contribution in [-0.4, -0.2) is 13.7 Å². The van der Waals surface area contributed by atoms with Crippen molar-refractivity contribution in [3.05, 3.63) is 11.8 Å². The average molecular weight is 117 g/mol. The minimum absolute atomic E-state index is 0.260. The largest absolute Gasteiger partial charge is 0.394 e. The summed E-state index contributed by atoms with van der Waals surface area (Å²) in [5.41, 5.74) is 1.05. The summed E-state index contributed by atoms with van der Waals surface area (Å²) in [6.07, 6.45) is 2.35. The lowest BCUT2D eigenvalue weighted by molar-refractivity contribution is 0.493. The van der Waals surface area contributed by atoms with Crippen LogP contribution >= 0.6 is 0 Å². The summed E-state index contributed by atoms with van der Waals surface area (Å²) in [6.45, 7) is 1.64. The third-order valence-corrected chi connectivity index (χ3v) is 0.880. The van der Waals surface area contributed by atoms with Crippen LogP contribution in [0.5, 0.6) is 0 Å². The number of alkyl halides is 1. The van der Waals surface area contributed by atoms with Gasteiger partial charge in [-0.25, -0.2) is 0 Å². The van der Waals surface area contributed by atoms with Crippen molar-refractivity contribution in [1.29, 1.82) is 0 Å². The highest BCUT2D eigenvalue weighted by Gasteiger charge is 1.84. The van der Waals surface area contributed by atoms with Crippen LogP contribution in [0.4, 0.5) is 4.39 Å². The zero-order valence-electron chi connectivity index (χ0n) is 5.37. The molecule has 0 spiro atoms. The minimum atomic E-state index is -0.260. The summed E-state index contributed by atoms with van der Waals surface area (Å²) < 4.78 is 11.5. The number of halogens is 1. The summed E-state index contributed by atoms with van der Waals surface area (Å²) in [5.74, 6) is 0. The molecule has 1 nitrogen and oxygen atoms in total. The molecule has 0 aliphatic rings. The van der Waals surface area contributed by atoms with Crippen molar-refractivity contribution in [3.8, 4) is 0 Å². The molecule has 48 valence electrons. The highest BCUT2D eigenvalue weighted by atomic mass is 19.1. The quantitative estimate of drug-likeness (QED) is 0.590. The second-order valence-corrected chi connectivity index (χ2v) is 1.72. The van der Waals surface area contributed by atoms with Gasteiger partial charge >= 0.3 is 0 Å². The molecule has 0 rings (SSSR count). The van der Waals surface area contributed by atoms with E-state index >= 15 is 0 Å². The average Bonchev–Trinajstić information content (AvgIpc) is 1.68. The monoisotopic (exact) mass is 117 g/mol. The molecule has 0 amide bonds. The predicted octanol–water partition coefficient (Wildman–Crippen LogP) is 1.47. The van der Waals surface area contributed by atoms with Crippen molar-refractivity contribution in [2.24, 2.45) is 0 Å². The molecule has 0 atom stereocenters. The standard InChI is InChI=1S/C6H12FN/c1-6(3-4-7)5-8-2/h5,8H,3-4H2,1-2H3/b6-5+. The van der Waals surface area contributed by atoms with Gasteiger partial charge in [-0.3, -0.25) is 4.39 Å². The first kappa shape index (κ1) is 7.47. The molecule has 0 aromatic carbocycles. The fourth-order valence-corrected chi connectivity index (χ4v) is 0.468. The smallest absolute Gasteiger partial charge is 0.0932 e. The van der Waals surface area contributed by atoms with Crippen LogP contribution < -0.4 is 5.32 Å². The molecule has 0 saturated carbocycles. The molecule has 0 unspecified atom stereocenters. The van der Waals surface area contributed by atoms with Crippen molar-refractivity contribution in [3.63, 3.8) is 0 Å². The number of nitrogens with one attached hydrogen (secondary N) is 1. The third kappa shape index (κ3) is 3.65. The van der Waals surface area contributed by atoms with Gasteiger partial charge in [0.25, 0.3) is 0 Å². The fraction of sp³-hybridized carbons (Fsp3) is 0.667. The van der Waals surface area contributed by atoms with Gasteiger partial charge in [-0.2, -0.15) is 0 Å². The van der Waals surface area contributed by atoms with Crippen LogP contribution in [-0.2, 0) is 0 Å².